The van der Waals surface area contributed by atoms with Gasteiger partial charge in [0.25, 0.3) is 0 Å². The topological polar surface area (TPSA) is 29.1 Å². The van der Waals surface area contributed by atoms with E-state index in [4.69, 9.17) is 11.6 Å². The molecule has 0 bridgehead atoms. The van der Waals surface area contributed by atoms with E-state index < -0.39 is 0 Å². The summed E-state index contributed by atoms with van der Waals surface area (Å²) in [5.41, 5.74) is 1.48. The molecule has 1 fully saturated rings. The number of rotatable bonds is 6. The summed E-state index contributed by atoms with van der Waals surface area (Å²) in [4.78, 5) is 12.7. The average Bonchev–Trinajstić information content (AvgIpc) is 2.48. The van der Waals surface area contributed by atoms with E-state index in [2.05, 4.69) is 19.2 Å². The van der Waals surface area contributed by atoms with Crippen LogP contribution in [0.4, 0.5) is 0 Å². The van der Waals surface area contributed by atoms with E-state index in [1.807, 2.05) is 38.1 Å². The van der Waals surface area contributed by atoms with Gasteiger partial charge in [-0.25, -0.2) is 0 Å². The number of hydrogen-bond acceptors (Lipinski definition) is 2. The first-order valence-corrected chi connectivity index (χ1v) is 9.19. The summed E-state index contributed by atoms with van der Waals surface area (Å²) < 4.78 is 0. The number of carbonyl (C=O) groups excluding carboxylic acids is 1. The van der Waals surface area contributed by atoms with Crippen molar-refractivity contribution in [3.63, 3.8) is 0 Å². The Hall–Kier alpha value is -0.860. The van der Waals surface area contributed by atoms with Crippen molar-refractivity contribution in [2.75, 3.05) is 6.54 Å². The highest BCUT2D eigenvalue weighted by Crippen LogP contribution is 2.35. The van der Waals surface area contributed by atoms with E-state index in [1.165, 1.54) is 25.7 Å². The van der Waals surface area contributed by atoms with E-state index in [0.717, 1.165) is 12.1 Å². The Bertz CT molecular complexity index is 521. The fourth-order valence-corrected chi connectivity index (χ4v) is 3.76. The Morgan fingerprint density at radius 1 is 1.30 bits per heavy atom. The van der Waals surface area contributed by atoms with E-state index in [0.29, 0.717) is 22.3 Å². The van der Waals surface area contributed by atoms with Crippen LogP contribution in [0.15, 0.2) is 24.3 Å². The molecule has 1 aliphatic rings. The number of ketones is 1. The fourth-order valence-electron chi connectivity index (χ4n) is 3.64. The van der Waals surface area contributed by atoms with Crippen LogP contribution in [0, 0.1) is 11.3 Å². The lowest BCUT2D eigenvalue weighted by molar-refractivity contribution is -0.123. The quantitative estimate of drug-likeness (QED) is 0.773. The maximum absolute atomic E-state index is 12.7. The van der Waals surface area contributed by atoms with Crippen molar-refractivity contribution in [3.05, 3.63) is 34.9 Å². The molecule has 0 aromatic heterocycles. The molecule has 0 radical (unpaired) electrons. The molecule has 1 aromatic rings. The Morgan fingerprint density at radius 3 is 2.52 bits per heavy atom. The second-order valence-electron chi connectivity index (χ2n) is 8.03. The van der Waals surface area contributed by atoms with Crippen molar-refractivity contribution < 1.29 is 4.79 Å². The standard InChI is InChI=1S/C20H30ClNO/c1-14(2)19(23)18(15-7-9-16(21)10-8-15)13-22-17-6-5-11-20(3,4)12-17/h7-10,14,17-18,22H,5-6,11-13H2,1-4H3/t17?,18-/m1/s1. The van der Waals surface area contributed by atoms with Gasteiger partial charge in [-0.3, -0.25) is 4.79 Å². The first kappa shape index (κ1) is 18.5. The summed E-state index contributed by atoms with van der Waals surface area (Å²) in [5, 5.41) is 4.39. The molecule has 128 valence electrons. The lowest BCUT2D eigenvalue weighted by Crippen LogP contribution is -2.40. The number of halogens is 1. The molecule has 1 saturated carbocycles. The zero-order valence-electron chi connectivity index (χ0n) is 14.9. The third kappa shape index (κ3) is 5.32. The van der Waals surface area contributed by atoms with Crippen LogP contribution < -0.4 is 5.32 Å². The molecule has 0 spiro atoms. The SMILES string of the molecule is CC(C)C(=O)[C@H](CNC1CCCC(C)(C)C1)c1ccc(Cl)cc1. The molecule has 0 heterocycles. The van der Waals surface area contributed by atoms with Gasteiger partial charge in [-0.1, -0.05) is 57.8 Å². The van der Waals surface area contributed by atoms with Gasteiger partial charge in [-0.2, -0.15) is 0 Å². The Labute approximate surface area is 146 Å². The predicted molar refractivity (Wildman–Crippen MR) is 98.1 cm³/mol. The van der Waals surface area contributed by atoms with Gasteiger partial charge in [-0.15, -0.1) is 0 Å². The largest absolute Gasteiger partial charge is 0.313 e. The van der Waals surface area contributed by atoms with Crippen molar-refractivity contribution in [2.45, 2.75) is 65.3 Å². The summed E-state index contributed by atoms with van der Waals surface area (Å²) in [6.45, 7) is 9.37. The molecule has 2 atom stereocenters. The minimum Gasteiger partial charge on any atom is -0.313 e. The second-order valence-corrected chi connectivity index (χ2v) is 8.46. The third-order valence-corrected chi connectivity index (χ3v) is 5.25. The first-order valence-electron chi connectivity index (χ1n) is 8.81. The maximum Gasteiger partial charge on any atom is 0.144 e. The lowest BCUT2D eigenvalue weighted by Gasteiger charge is -2.36. The van der Waals surface area contributed by atoms with Crippen molar-refractivity contribution in [1.82, 2.24) is 5.32 Å². The van der Waals surface area contributed by atoms with Crippen LogP contribution in [0.2, 0.25) is 5.02 Å². The lowest BCUT2D eigenvalue weighted by atomic mass is 9.75. The van der Waals surface area contributed by atoms with E-state index in [-0.39, 0.29) is 11.8 Å². The number of benzene rings is 1. The highest BCUT2D eigenvalue weighted by Gasteiger charge is 2.29. The van der Waals surface area contributed by atoms with Gasteiger partial charge in [0.05, 0.1) is 5.92 Å². The van der Waals surface area contributed by atoms with E-state index in [9.17, 15) is 4.79 Å². The highest BCUT2D eigenvalue weighted by atomic mass is 35.5. The van der Waals surface area contributed by atoms with E-state index >= 15 is 0 Å². The van der Waals surface area contributed by atoms with Crippen LogP contribution >= 0.6 is 11.6 Å². The molecule has 23 heavy (non-hydrogen) atoms. The molecule has 1 aromatic carbocycles. The predicted octanol–water partition coefficient (Wildman–Crippen LogP) is 5.21. The van der Waals surface area contributed by atoms with Crippen LogP contribution in [-0.2, 0) is 4.79 Å². The molecule has 0 aliphatic heterocycles. The summed E-state index contributed by atoms with van der Waals surface area (Å²) in [7, 11) is 0. The van der Waals surface area contributed by atoms with Crippen LogP contribution in [0.25, 0.3) is 0 Å². The van der Waals surface area contributed by atoms with Gasteiger partial charge in [0.15, 0.2) is 0 Å². The monoisotopic (exact) mass is 335 g/mol. The minimum atomic E-state index is -0.0858. The van der Waals surface area contributed by atoms with Crippen LogP contribution in [0.5, 0.6) is 0 Å². The summed E-state index contributed by atoms with van der Waals surface area (Å²) in [6.07, 6.45) is 4.98. The number of nitrogens with one attached hydrogen (secondary N) is 1. The van der Waals surface area contributed by atoms with Crippen molar-refractivity contribution in [1.29, 1.82) is 0 Å². The molecule has 2 nitrogen and oxygen atoms in total. The average molecular weight is 336 g/mol. The van der Waals surface area contributed by atoms with Gasteiger partial charge in [0.1, 0.15) is 5.78 Å². The molecule has 1 unspecified atom stereocenters. The smallest absolute Gasteiger partial charge is 0.144 e. The number of hydrogen-bond donors (Lipinski definition) is 1. The second kappa shape index (κ2) is 7.81. The van der Waals surface area contributed by atoms with Gasteiger partial charge < -0.3 is 5.32 Å². The van der Waals surface area contributed by atoms with Crippen molar-refractivity contribution in [3.8, 4) is 0 Å². The highest BCUT2D eigenvalue weighted by molar-refractivity contribution is 6.30. The normalized spacial score (nSPS) is 22.1. The Balaban J connectivity index is 2.06. The summed E-state index contributed by atoms with van der Waals surface area (Å²) >= 11 is 5.99. The number of carbonyl (C=O) groups is 1. The van der Waals surface area contributed by atoms with Crippen LogP contribution in [0.1, 0.15) is 64.9 Å². The molecule has 1 aliphatic carbocycles. The Kier molecular flexibility index (Phi) is 6.27. The zero-order valence-corrected chi connectivity index (χ0v) is 15.6. The molecule has 3 heteroatoms. The van der Waals surface area contributed by atoms with Crippen molar-refractivity contribution in [2.24, 2.45) is 11.3 Å². The molecule has 0 amide bonds. The molecular formula is C20H30ClNO. The molecule has 2 rings (SSSR count). The van der Waals surface area contributed by atoms with Gasteiger partial charge >= 0.3 is 0 Å². The zero-order chi connectivity index (χ0) is 17.0. The fraction of sp³-hybridized carbons (Fsp3) is 0.650. The van der Waals surface area contributed by atoms with Crippen molar-refractivity contribution >= 4 is 17.4 Å². The molecule has 0 saturated heterocycles. The summed E-state index contributed by atoms with van der Waals surface area (Å²) in [5.74, 6) is 0.257. The first-order chi connectivity index (χ1) is 10.8. The van der Waals surface area contributed by atoms with Gasteiger partial charge in [0.2, 0.25) is 0 Å². The Morgan fingerprint density at radius 2 is 1.96 bits per heavy atom. The van der Waals surface area contributed by atoms with Gasteiger partial charge in [-0.05, 0) is 42.4 Å². The number of Topliss-reactive ketones (excluding diaryl/α,β-unsaturated/α-hetero) is 1. The maximum atomic E-state index is 12.7. The molecule has 1 N–H and O–H groups in total. The van der Waals surface area contributed by atoms with Gasteiger partial charge in [0, 0.05) is 23.5 Å². The van der Waals surface area contributed by atoms with Crippen LogP contribution in [-0.4, -0.2) is 18.4 Å². The third-order valence-electron chi connectivity index (χ3n) is 5.00. The summed E-state index contributed by atoms with van der Waals surface area (Å²) in [6, 6.07) is 8.25. The van der Waals surface area contributed by atoms with E-state index in [1.54, 1.807) is 0 Å². The van der Waals surface area contributed by atoms with Crippen LogP contribution in [0.3, 0.4) is 0 Å². The molecular weight excluding hydrogens is 306 g/mol. The minimum absolute atomic E-state index is 0.0419.